The lowest BCUT2D eigenvalue weighted by Gasteiger charge is -2.14. The highest BCUT2D eigenvalue weighted by Crippen LogP contribution is 2.39. The molecule has 1 fully saturated rings. The van der Waals surface area contributed by atoms with Gasteiger partial charge in [-0.2, -0.15) is 0 Å². The van der Waals surface area contributed by atoms with E-state index in [0.29, 0.717) is 24.2 Å². The molecule has 0 bridgehead atoms. The monoisotopic (exact) mass is 371 g/mol. The topological polar surface area (TPSA) is 69.4 Å². The van der Waals surface area contributed by atoms with Crippen LogP contribution in [0.25, 0.3) is 11.1 Å². The molecule has 0 amide bonds. The predicted octanol–water partition coefficient (Wildman–Crippen LogP) is 4.12. The fraction of sp³-hybridized carbons (Fsp3) is 0.588. The lowest BCUT2D eigenvalue weighted by Crippen LogP contribution is -2.20. The van der Waals surface area contributed by atoms with Crippen molar-refractivity contribution < 1.29 is 17.6 Å². The zero-order valence-electron chi connectivity index (χ0n) is 14.3. The third-order valence-electron chi connectivity index (χ3n) is 4.50. The van der Waals surface area contributed by atoms with E-state index >= 15 is 0 Å². The molecular weight excluding hydrogens is 350 g/mol. The van der Waals surface area contributed by atoms with Crippen molar-refractivity contribution in [2.75, 3.05) is 7.11 Å². The van der Waals surface area contributed by atoms with Crippen LogP contribution in [0.1, 0.15) is 45.9 Å². The molecule has 0 N–H and O–H groups in total. The summed E-state index contributed by atoms with van der Waals surface area (Å²) in [6.07, 6.45) is 1.75. The van der Waals surface area contributed by atoms with Crippen LogP contribution >= 0.6 is 11.6 Å². The number of ether oxygens (including phenoxy) is 1. The van der Waals surface area contributed by atoms with Crippen LogP contribution in [0, 0.1) is 0 Å². The van der Waals surface area contributed by atoms with Crippen LogP contribution in [0.5, 0.6) is 0 Å². The lowest BCUT2D eigenvalue weighted by molar-refractivity contribution is 0.109. The van der Waals surface area contributed by atoms with Crippen LogP contribution in [0.4, 0.5) is 0 Å². The van der Waals surface area contributed by atoms with Gasteiger partial charge in [-0.1, -0.05) is 32.4 Å². The number of aromatic nitrogens is 1. The number of oxazole rings is 1. The van der Waals surface area contributed by atoms with Crippen molar-refractivity contribution in [2.45, 2.75) is 61.7 Å². The molecule has 0 aliphatic heterocycles. The smallest absolute Gasteiger partial charge is 0.200 e. The number of fused-ring (bicyclic) bond motifs is 1. The highest BCUT2D eigenvalue weighted by Gasteiger charge is 2.38. The Morgan fingerprint density at radius 1 is 1.29 bits per heavy atom. The minimum absolute atomic E-state index is 0.0254. The van der Waals surface area contributed by atoms with Gasteiger partial charge in [0.25, 0.3) is 0 Å². The SMILES string of the molecule is COC1CCC(S(=O)(=O)c2c(Cl)ccc3nc(C(C)(C)C)oc23)C1. The maximum absolute atomic E-state index is 13.2. The van der Waals surface area contributed by atoms with Crippen LogP contribution in [-0.2, 0) is 20.0 Å². The first-order valence-corrected chi connectivity index (χ1v) is 9.93. The Balaban J connectivity index is 2.14. The minimum Gasteiger partial charge on any atom is -0.439 e. The maximum atomic E-state index is 13.2. The first-order chi connectivity index (χ1) is 11.1. The summed E-state index contributed by atoms with van der Waals surface area (Å²) in [5, 5.41) is -0.325. The molecule has 1 aromatic heterocycles. The van der Waals surface area contributed by atoms with Gasteiger partial charge in [0.2, 0.25) is 5.89 Å². The minimum atomic E-state index is -3.62. The molecule has 1 heterocycles. The maximum Gasteiger partial charge on any atom is 0.200 e. The molecule has 132 valence electrons. The Morgan fingerprint density at radius 2 is 2.00 bits per heavy atom. The summed E-state index contributed by atoms with van der Waals surface area (Å²) in [6, 6.07) is 3.27. The van der Waals surface area contributed by atoms with Crippen molar-refractivity contribution in [3.05, 3.63) is 23.0 Å². The molecule has 2 unspecified atom stereocenters. The standard InChI is InChI=1S/C17H22ClNO4S/c1-17(2,3)16-19-13-8-7-12(18)15(14(13)23-16)24(20,21)11-6-5-10(9-11)22-4/h7-8,10-11H,5-6,9H2,1-4H3. The van der Waals surface area contributed by atoms with Crippen molar-refractivity contribution in [1.29, 1.82) is 0 Å². The van der Waals surface area contributed by atoms with Gasteiger partial charge in [-0.15, -0.1) is 0 Å². The zero-order valence-corrected chi connectivity index (χ0v) is 15.9. The van der Waals surface area contributed by atoms with E-state index in [1.165, 1.54) is 0 Å². The van der Waals surface area contributed by atoms with Gasteiger partial charge in [0.15, 0.2) is 15.4 Å². The highest BCUT2D eigenvalue weighted by molar-refractivity contribution is 7.92. The van der Waals surface area contributed by atoms with Crippen molar-refractivity contribution in [3.8, 4) is 0 Å². The fourth-order valence-electron chi connectivity index (χ4n) is 3.09. The van der Waals surface area contributed by atoms with E-state index in [1.54, 1.807) is 19.2 Å². The van der Waals surface area contributed by atoms with Crippen molar-refractivity contribution in [1.82, 2.24) is 4.98 Å². The second-order valence-corrected chi connectivity index (χ2v) is 9.90. The van der Waals surface area contributed by atoms with Gasteiger partial charge >= 0.3 is 0 Å². The Kier molecular flexibility index (Phi) is 4.43. The Morgan fingerprint density at radius 3 is 2.58 bits per heavy atom. The van der Waals surface area contributed by atoms with E-state index in [0.717, 1.165) is 6.42 Å². The number of hydrogen-bond acceptors (Lipinski definition) is 5. The number of nitrogens with zero attached hydrogens (tertiary/aromatic N) is 1. The van der Waals surface area contributed by atoms with Crippen molar-refractivity contribution in [3.63, 3.8) is 0 Å². The van der Waals surface area contributed by atoms with Gasteiger partial charge in [0.05, 0.1) is 16.4 Å². The quantitative estimate of drug-likeness (QED) is 0.811. The number of hydrogen-bond donors (Lipinski definition) is 0. The molecule has 0 saturated heterocycles. The number of methoxy groups -OCH3 is 1. The number of sulfone groups is 1. The summed E-state index contributed by atoms with van der Waals surface area (Å²) in [7, 11) is -2.01. The summed E-state index contributed by atoms with van der Waals surface area (Å²) in [6.45, 7) is 5.90. The third-order valence-corrected chi connectivity index (χ3v) is 7.21. The summed E-state index contributed by atoms with van der Waals surface area (Å²) < 4.78 is 37.5. The van der Waals surface area contributed by atoms with Gasteiger partial charge in [-0.05, 0) is 31.4 Å². The van der Waals surface area contributed by atoms with Gasteiger partial charge in [-0.3, -0.25) is 0 Å². The van der Waals surface area contributed by atoms with Gasteiger partial charge in [0, 0.05) is 12.5 Å². The Bertz CT molecular complexity index is 867. The average molecular weight is 372 g/mol. The summed E-state index contributed by atoms with van der Waals surface area (Å²) in [5.41, 5.74) is 0.457. The third kappa shape index (κ3) is 2.95. The molecule has 5 nitrogen and oxygen atoms in total. The van der Waals surface area contributed by atoms with E-state index < -0.39 is 15.1 Å². The molecule has 3 rings (SSSR count). The van der Waals surface area contributed by atoms with E-state index in [1.807, 2.05) is 20.8 Å². The summed E-state index contributed by atoms with van der Waals surface area (Å²) in [5.74, 6) is 0.498. The second-order valence-electron chi connectivity index (χ2n) is 7.33. The number of rotatable bonds is 3. The Labute approximate surface area is 147 Å². The molecule has 1 aliphatic rings. The van der Waals surface area contributed by atoms with Crippen molar-refractivity contribution in [2.24, 2.45) is 0 Å². The molecule has 2 atom stereocenters. The first kappa shape index (κ1) is 17.7. The highest BCUT2D eigenvalue weighted by atomic mass is 35.5. The largest absolute Gasteiger partial charge is 0.439 e. The first-order valence-electron chi connectivity index (χ1n) is 8.01. The van der Waals surface area contributed by atoms with Gasteiger partial charge in [-0.25, -0.2) is 13.4 Å². The molecule has 1 aromatic carbocycles. The van der Waals surface area contributed by atoms with E-state index in [-0.39, 0.29) is 27.0 Å². The van der Waals surface area contributed by atoms with Crippen LogP contribution in [0.15, 0.2) is 21.4 Å². The van der Waals surface area contributed by atoms with E-state index in [4.69, 9.17) is 20.8 Å². The molecule has 2 aromatic rings. The number of halogens is 1. The summed E-state index contributed by atoms with van der Waals surface area (Å²) >= 11 is 6.26. The predicted molar refractivity (Wildman–Crippen MR) is 93.3 cm³/mol. The Hall–Kier alpha value is -1.11. The van der Waals surface area contributed by atoms with E-state index in [2.05, 4.69) is 4.98 Å². The lowest BCUT2D eigenvalue weighted by atomic mass is 9.97. The van der Waals surface area contributed by atoms with E-state index in [9.17, 15) is 8.42 Å². The fourth-order valence-corrected chi connectivity index (χ4v) is 5.56. The second kappa shape index (κ2) is 6.00. The van der Waals surface area contributed by atoms with Gasteiger partial charge < -0.3 is 9.15 Å². The summed E-state index contributed by atoms with van der Waals surface area (Å²) in [4.78, 5) is 4.50. The van der Waals surface area contributed by atoms with Crippen LogP contribution < -0.4 is 0 Å². The molecule has 7 heteroatoms. The zero-order chi connectivity index (χ0) is 17.7. The molecule has 24 heavy (non-hydrogen) atoms. The van der Waals surface area contributed by atoms with Gasteiger partial charge in [0.1, 0.15) is 10.4 Å². The van der Waals surface area contributed by atoms with Crippen molar-refractivity contribution >= 4 is 32.5 Å². The molecular formula is C17H22ClNO4S. The van der Waals surface area contributed by atoms with Crippen LogP contribution in [0.3, 0.4) is 0 Å². The molecule has 1 aliphatic carbocycles. The average Bonchev–Trinajstić information content (AvgIpc) is 3.12. The molecule has 0 radical (unpaired) electrons. The normalized spacial score (nSPS) is 22.4. The molecule has 0 spiro atoms. The molecule has 1 saturated carbocycles. The van der Waals surface area contributed by atoms with Crippen LogP contribution in [-0.4, -0.2) is 31.9 Å². The van der Waals surface area contributed by atoms with Crippen LogP contribution in [0.2, 0.25) is 5.02 Å². The number of benzene rings is 1.